The number of rotatable bonds is 7. The van der Waals surface area contributed by atoms with Gasteiger partial charge in [-0.15, -0.1) is 0 Å². The quantitative estimate of drug-likeness (QED) is 0.721. The summed E-state index contributed by atoms with van der Waals surface area (Å²) in [5, 5.41) is 4.26. The standard InChI is InChI=1S/C19H25N3O3/c1-23-10-11-24-13-18-20-19(21-25-18)15-12-17(14-6-3-2-4-7-14)22-9-5-8-16(15)22/h2-4,6-7,15-17H,5,8-13H2,1H3/t15-,16+,17-/m0/s1. The summed E-state index contributed by atoms with van der Waals surface area (Å²) in [6.45, 7) is 2.61. The monoisotopic (exact) mass is 343 g/mol. The molecule has 25 heavy (non-hydrogen) atoms. The predicted octanol–water partition coefficient (Wildman–Crippen LogP) is 2.93. The first-order chi connectivity index (χ1) is 12.4. The molecule has 0 amide bonds. The fourth-order valence-electron chi connectivity index (χ4n) is 4.23. The van der Waals surface area contributed by atoms with Crippen molar-refractivity contribution >= 4 is 0 Å². The van der Waals surface area contributed by atoms with Crippen LogP contribution in [0.4, 0.5) is 0 Å². The Bertz CT molecular complexity index is 676. The topological polar surface area (TPSA) is 60.6 Å². The van der Waals surface area contributed by atoms with Crippen LogP contribution in [0.3, 0.4) is 0 Å². The van der Waals surface area contributed by atoms with Gasteiger partial charge in [0.05, 0.1) is 13.2 Å². The highest BCUT2D eigenvalue weighted by Gasteiger charge is 2.46. The van der Waals surface area contributed by atoms with Crippen LogP contribution in [0.2, 0.25) is 0 Å². The van der Waals surface area contributed by atoms with Crippen molar-refractivity contribution in [2.45, 2.75) is 43.9 Å². The second-order valence-electron chi connectivity index (χ2n) is 6.81. The molecule has 1 aromatic carbocycles. The van der Waals surface area contributed by atoms with Crippen molar-refractivity contribution in [3.63, 3.8) is 0 Å². The Morgan fingerprint density at radius 3 is 2.96 bits per heavy atom. The van der Waals surface area contributed by atoms with Crippen molar-refractivity contribution in [2.75, 3.05) is 26.9 Å². The number of benzene rings is 1. The Labute approximate surface area is 148 Å². The van der Waals surface area contributed by atoms with E-state index in [2.05, 4.69) is 45.4 Å². The van der Waals surface area contributed by atoms with E-state index in [-0.39, 0.29) is 0 Å². The Morgan fingerprint density at radius 1 is 1.24 bits per heavy atom. The minimum atomic E-state index is 0.337. The second kappa shape index (κ2) is 7.64. The fourth-order valence-corrected chi connectivity index (χ4v) is 4.23. The maximum absolute atomic E-state index is 5.48. The van der Waals surface area contributed by atoms with E-state index in [9.17, 15) is 0 Å². The van der Waals surface area contributed by atoms with E-state index in [1.807, 2.05) is 0 Å². The van der Waals surface area contributed by atoms with Crippen LogP contribution in [0.25, 0.3) is 0 Å². The molecule has 0 unspecified atom stereocenters. The smallest absolute Gasteiger partial charge is 0.252 e. The molecule has 2 saturated heterocycles. The average molecular weight is 343 g/mol. The Kier molecular flexibility index (Phi) is 5.10. The minimum absolute atomic E-state index is 0.337. The van der Waals surface area contributed by atoms with E-state index in [1.54, 1.807) is 7.11 Å². The van der Waals surface area contributed by atoms with Gasteiger partial charge in [0.2, 0.25) is 0 Å². The molecule has 1 aromatic heterocycles. The maximum Gasteiger partial charge on any atom is 0.252 e. The first kappa shape index (κ1) is 16.7. The molecule has 6 nitrogen and oxygen atoms in total. The van der Waals surface area contributed by atoms with Gasteiger partial charge in [0.15, 0.2) is 5.82 Å². The van der Waals surface area contributed by atoms with Gasteiger partial charge in [-0.2, -0.15) is 4.98 Å². The highest BCUT2D eigenvalue weighted by atomic mass is 16.5. The lowest BCUT2D eigenvalue weighted by Gasteiger charge is -2.24. The van der Waals surface area contributed by atoms with E-state index in [0.717, 1.165) is 18.8 Å². The maximum atomic E-state index is 5.48. The second-order valence-corrected chi connectivity index (χ2v) is 6.81. The average Bonchev–Trinajstić information content (AvgIpc) is 3.36. The van der Waals surface area contributed by atoms with Crippen molar-refractivity contribution in [2.24, 2.45) is 0 Å². The van der Waals surface area contributed by atoms with Gasteiger partial charge >= 0.3 is 0 Å². The van der Waals surface area contributed by atoms with Crippen molar-refractivity contribution in [1.82, 2.24) is 15.0 Å². The molecule has 0 aliphatic carbocycles. The molecule has 134 valence electrons. The highest BCUT2D eigenvalue weighted by Crippen LogP contribution is 2.48. The van der Waals surface area contributed by atoms with Gasteiger partial charge in [0, 0.05) is 25.1 Å². The van der Waals surface area contributed by atoms with Crippen molar-refractivity contribution in [3.8, 4) is 0 Å². The van der Waals surface area contributed by atoms with Crippen LogP contribution in [0.1, 0.15) is 48.5 Å². The molecule has 2 fully saturated rings. The van der Waals surface area contributed by atoms with Gasteiger partial charge in [-0.25, -0.2) is 0 Å². The van der Waals surface area contributed by atoms with Gasteiger partial charge in [-0.05, 0) is 31.4 Å². The SMILES string of the molecule is COCCOCc1nc([C@H]2C[C@@H](c3ccccc3)N3CCC[C@H]23)no1. The van der Waals surface area contributed by atoms with Crippen molar-refractivity contribution < 1.29 is 14.0 Å². The molecule has 0 spiro atoms. The van der Waals surface area contributed by atoms with Gasteiger partial charge in [0.25, 0.3) is 5.89 Å². The lowest BCUT2D eigenvalue weighted by molar-refractivity contribution is 0.0494. The van der Waals surface area contributed by atoms with Crippen LogP contribution in [-0.2, 0) is 16.1 Å². The first-order valence-electron chi connectivity index (χ1n) is 9.06. The van der Waals surface area contributed by atoms with E-state index < -0.39 is 0 Å². The Balaban J connectivity index is 1.46. The van der Waals surface area contributed by atoms with E-state index in [4.69, 9.17) is 14.0 Å². The summed E-state index contributed by atoms with van der Waals surface area (Å²) >= 11 is 0. The molecular formula is C19H25N3O3. The number of hydrogen-bond donors (Lipinski definition) is 0. The van der Waals surface area contributed by atoms with Gasteiger partial charge < -0.3 is 14.0 Å². The molecule has 3 heterocycles. The molecule has 2 aromatic rings. The number of hydrogen-bond acceptors (Lipinski definition) is 6. The summed E-state index contributed by atoms with van der Waals surface area (Å²) in [5.41, 5.74) is 1.39. The number of ether oxygens (including phenoxy) is 2. The van der Waals surface area contributed by atoms with Crippen LogP contribution in [-0.4, -0.2) is 48.0 Å². The zero-order valence-corrected chi connectivity index (χ0v) is 14.6. The Hall–Kier alpha value is -1.76. The van der Waals surface area contributed by atoms with Gasteiger partial charge in [-0.1, -0.05) is 35.5 Å². The number of aromatic nitrogens is 2. The Morgan fingerprint density at radius 2 is 2.12 bits per heavy atom. The molecule has 3 atom stereocenters. The minimum Gasteiger partial charge on any atom is -0.382 e. The highest BCUT2D eigenvalue weighted by molar-refractivity contribution is 5.24. The van der Waals surface area contributed by atoms with E-state index in [0.29, 0.717) is 43.7 Å². The summed E-state index contributed by atoms with van der Waals surface area (Å²) in [5.74, 6) is 1.73. The third-order valence-electron chi connectivity index (χ3n) is 5.34. The zero-order chi connectivity index (χ0) is 17.1. The lowest BCUT2D eigenvalue weighted by Crippen LogP contribution is -2.27. The summed E-state index contributed by atoms with van der Waals surface area (Å²) in [6, 6.07) is 11.8. The normalized spacial score (nSPS) is 26.2. The summed E-state index contributed by atoms with van der Waals surface area (Å²) < 4.78 is 15.9. The number of methoxy groups -OCH3 is 1. The molecule has 0 radical (unpaired) electrons. The summed E-state index contributed by atoms with van der Waals surface area (Å²) in [7, 11) is 1.66. The molecule has 2 aliphatic rings. The van der Waals surface area contributed by atoms with E-state index >= 15 is 0 Å². The molecule has 4 rings (SSSR count). The van der Waals surface area contributed by atoms with Crippen LogP contribution in [0.5, 0.6) is 0 Å². The van der Waals surface area contributed by atoms with Crippen molar-refractivity contribution in [1.29, 1.82) is 0 Å². The third kappa shape index (κ3) is 3.47. The van der Waals surface area contributed by atoms with Crippen LogP contribution >= 0.6 is 0 Å². The first-order valence-corrected chi connectivity index (χ1v) is 9.06. The largest absolute Gasteiger partial charge is 0.382 e. The molecule has 0 N–H and O–H groups in total. The molecule has 0 bridgehead atoms. The molecular weight excluding hydrogens is 318 g/mol. The van der Waals surface area contributed by atoms with Crippen LogP contribution in [0.15, 0.2) is 34.9 Å². The molecule has 6 heteroatoms. The number of fused-ring (bicyclic) bond motifs is 1. The third-order valence-corrected chi connectivity index (χ3v) is 5.34. The van der Waals surface area contributed by atoms with Gasteiger partial charge in [0.1, 0.15) is 6.61 Å². The fraction of sp³-hybridized carbons (Fsp3) is 0.579. The molecule has 0 saturated carbocycles. The predicted molar refractivity (Wildman–Crippen MR) is 92.1 cm³/mol. The summed E-state index contributed by atoms with van der Waals surface area (Å²) in [6.07, 6.45) is 3.51. The van der Waals surface area contributed by atoms with E-state index in [1.165, 1.54) is 18.4 Å². The lowest BCUT2D eigenvalue weighted by atomic mass is 9.94. The van der Waals surface area contributed by atoms with Crippen LogP contribution < -0.4 is 0 Å². The van der Waals surface area contributed by atoms with Crippen molar-refractivity contribution in [3.05, 3.63) is 47.6 Å². The molecule has 2 aliphatic heterocycles. The zero-order valence-electron chi connectivity index (χ0n) is 14.6. The van der Waals surface area contributed by atoms with Gasteiger partial charge in [-0.3, -0.25) is 4.90 Å². The number of nitrogens with zero attached hydrogens (tertiary/aromatic N) is 3. The van der Waals surface area contributed by atoms with Crippen LogP contribution in [0, 0.1) is 0 Å². The summed E-state index contributed by atoms with van der Waals surface area (Å²) in [4.78, 5) is 7.24.